The normalized spacial score (nSPS) is 18.6. The maximum atomic E-state index is 13.8. The van der Waals surface area contributed by atoms with Gasteiger partial charge in [0.15, 0.2) is 10.8 Å². The fourth-order valence-electron chi connectivity index (χ4n) is 8.86. The Morgan fingerprint density at radius 2 is 1.68 bits per heavy atom. The molecule has 5 heterocycles. The minimum atomic E-state index is -0.477. The predicted octanol–water partition coefficient (Wildman–Crippen LogP) is 8.39. The summed E-state index contributed by atoms with van der Waals surface area (Å²) in [5.41, 5.74) is 6.10. The second kappa shape index (κ2) is 18.9. The number of unbranched alkanes of at least 4 members (excludes halogenated alkanes) is 1. The van der Waals surface area contributed by atoms with E-state index >= 15 is 0 Å². The van der Waals surface area contributed by atoms with E-state index < -0.39 is 5.97 Å². The van der Waals surface area contributed by atoms with Crippen LogP contribution < -0.4 is 15.0 Å². The number of ether oxygens (including phenoxy) is 4. The number of nitrogens with one attached hydrogen (secondary N) is 1. The molecule has 1 N–H and O–H groups in total. The molecule has 8 rings (SSSR count). The van der Waals surface area contributed by atoms with Gasteiger partial charge in [-0.2, -0.15) is 0 Å². The number of amides is 1. The van der Waals surface area contributed by atoms with Gasteiger partial charge in [-0.3, -0.25) is 19.8 Å². The Bertz CT molecular complexity index is 2300. The molecule has 0 radical (unpaired) electrons. The molecule has 3 atom stereocenters. The molecule has 3 aliphatic heterocycles. The number of benzene rings is 3. The minimum Gasteiger partial charge on any atom is -0.491 e. The molecule has 1 amide bonds. The molecule has 2 bridgehead atoms. The van der Waals surface area contributed by atoms with Crippen LogP contribution in [0.3, 0.4) is 0 Å². The van der Waals surface area contributed by atoms with Crippen molar-refractivity contribution in [1.29, 1.82) is 0 Å². The summed E-state index contributed by atoms with van der Waals surface area (Å²) in [4.78, 5) is 53.7. The number of pyridine rings is 1. The quantitative estimate of drug-likeness (QED) is 0.0760. The van der Waals surface area contributed by atoms with E-state index in [-0.39, 0.29) is 23.7 Å². The van der Waals surface area contributed by atoms with Gasteiger partial charge in [0, 0.05) is 36.3 Å². The van der Waals surface area contributed by atoms with Crippen molar-refractivity contribution in [3.8, 4) is 16.9 Å². The van der Waals surface area contributed by atoms with Gasteiger partial charge in [-0.25, -0.2) is 14.8 Å². The molecule has 3 aromatic carbocycles. The van der Waals surface area contributed by atoms with Gasteiger partial charge in [0.2, 0.25) is 0 Å². The monoisotopic (exact) mass is 831 g/mol. The van der Waals surface area contributed by atoms with Crippen LogP contribution in [0.25, 0.3) is 21.3 Å². The van der Waals surface area contributed by atoms with Crippen molar-refractivity contribution in [1.82, 2.24) is 14.9 Å². The number of aromatic nitrogens is 2. The Labute approximate surface area is 355 Å². The summed E-state index contributed by atoms with van der Waals surface area (Å²) in [7, 11) is 0. The number of carbonyl (C=O) groups excluding carboxylic acids is 3. The molecule has 5 aromatic rings. The third-order valence-corrected chi connectivity index (χ3v) is 12.8. The first-order chi connectivity index (χ1) is 29.3. The van der Waals surface area contributed by atoms with Crippen LogP contribution >= 0.6 is 11.3 Å². The zero-order valence-electron chi connectivity index (χ0n) is 34.6. The number of fused-ring (bicyclic) bond motifs is 4. The zero-order valence-corrected chi connectivity index (χ0v) is 35.4. The topological polar surface area (TPSA) is 132 Å². The summed E-state index contributed by atoms with van der Waals surface area (Å²) in [6, 6.07) is 24.1. The molecule has 0 aliphatic carbocycles. The van der Waals surface area contributed by atoms with Gasteiger partial charge in [0.05, 0.1) is 42.7 Å². The number of hydrogen-bond donors (Lipinski definition) is 1. The maximum absolute atomic E-state index is 13.8. The summed E-state index contributed by atoms with van der Waals surface area (Å²) >= 11 is 1.45. The van der Waals surface area contributed by atoms with Crippen LogP contribution in [0, 0.1) is 6.92 Å². The van der Waals surface area contributed by atoms with E-state index in [1.807, 2.05) is 80.6 Å². The minimum absolute atomic E-state index is 0.129. The van der Waals surface area contributed by atoms with Crippen molar-refractivity contribution >= 4 is 50.3 Å². The van der Waals surface area contributed by atoms with E-state index in [4.69, 9.17) is 23.9 Å². The third-order valence-electron chi connectivity index (χ3n) is 11.9. The van der Waals surface area contributed by atoms with Gasteiger partial charge >= 0.3 is 11.9 Å². The van der Waals surface area contributed by atoms with E-state index in [1.165, 1.54) is 11.3 Å². The largest absolute Gasteiger partial charge is 0.491 e. The highest BCUT2D eigenvalue weighted by Gasteiger charge is 2.42. The van der Waals surface area contributed by atoms with Crippen molar-refractivity contribution in [3.63, 3.8) is 0 Å². The predicted molar refractivity (Wildman–Crippen MR) is 233 cm³/mol. The summed E-state index contributed by atoms with van der Waals surface area (Å²) in [5, 5.41) is 3.58. The van der Waals surface area contributed by atoms with Gasteiger partial charge in [-0.1, -0.05) is 61.1 Å². The Balaban J connectivity index is 0.958. The third kappa shape index (κ3) is 9.18. The molecular formula is C47H53N5O7S. The number of nitrogens with zero attached hydrogens (tertiary/aromatic N) is 4. The fraction of sp³-hybridized carbons (Fsp3) is 0.426. The molecule has 12 nitrogen and oxygen atoms in total. The van der Waals surface area contributed by atoms with E-state index in [9.17, 15) is 14.4 Å². The molecule has 13 heteroatoms. The number of para-hydroxylation sites is 1. The van der Waals surface area contributed by atoms with Crippen molar-refractivity contribution in [2.24, 2.45) is 0 Å². The van der Waals surface area contributed by atoms with Gasteiger partial charge in [-0.05, 0) is 111 Å². The number of hydrogen-bond acceptors (Lipinski definition) is 12. The lowest BCUT2D eigenvalue weighted by Gasteiger charge is -2.38. The van der Waals surface area contributed by atoms with Crippen molar-refractivity contribution in [2.75, 3.05) is 49.7 Å². The average molecular weight is 832 g/mol. The lowest BCUT2D eigenvalue weighted by atomic mass is 9.94. The number of carbonyl (C=O) groups is 3. The van der Waals surface area contributed by atoms with E-state index in [0.717, 1.165) is 77.4 Å². The summed E-state index contributed by atoms with van der Waals surface area (Å²) < 4.78 is 24.6. The highest BCUT2D eigenvalue weighted by Crippen LogP contribution is 2.38. The molecule has 60 heavy (non-hydrogen) atoms. The highest BCUT2D eigenvalue weighted by atomic mass is 32.1. The number of anilines is 2. The van der Waals surface area contributed by atoms with Crippen LogP contribution in [-0.2, 0) is 32.0 Å². The van der Waals surface area contributed by atoms with Gasteiger partial charge in [0.25, 0.3) is 5.91 Å². The summed E-state index contributed by atoms with van der Waals surface area (Å²) in [6.07, 6.45) is 6.45. The first kappa shape index (κ1) is 41.4. The fourth-order valence-corrected chi connectivity index (χ4v) is 9.72. The first-order valence-corrected chi connectivity index (χ1v) is 22.1. The molecule has 0 saturated carbocycles. The van der Waals surface area contributed by atoms with Crippen LogP contribution in [0.2, 0.25) is 0 Å². The van der Waals surface area contributed by atoms with Crippen LogP contribution in [0.1, 0.15) is 89.9 Å². The van der Waals surface area contributed by atoms with Crippen molar-refractivity contribution in [3.05, 3.63) is 101 Å². The van der Waals surface area contributed by atoms with Crippen LogP contribution in [-0.4, -0.2) is 90.4 Å². The number of thiazole rings is 1. The van der Waals surface area contributed by atoms with Crippen LogP contribution in [0.15, 0.2) is 72.8 Å². The number of rotatable bonds is 16. The highest BCUT2D eigenvalue weighted by molar-refractivity contribution is 7.22. The molecule has 2 fully saturated rings. The van der Waals surface area contributed by atoms with Gasteiger partial charge in [0.1, 0.15) is 18.2 Å². The Kier molecular flexibility index (Phi) is 13.0. The molecular weight excluding hydrogens is 779 g/mol. The molecule has 2 saturated heterocycles. The van der Waals surface area contributed by atoms with E-state index in [0.29, 0.717) is 86.0 Å². The number of piperidine rings is 1. The molecule has 1 unspecified atom stereocenters. The van der Waals surface area contributed by atoms with Gasteiger partial charge < -0.3 is 23.8 Å². The molecule has 314 valence electrons. The molecule has 0 spiro atoms. The molecule has 2 aromatic heterocycles. The Morgan fingerprint density at radius 3 is 2.48 bits per heavy atom. The van der Waals surface area contributed by atoms with Crippen LogP contribution in [0.5, 0.6) is 5.75 Å². The van der Waals surface area contributed by atoms with E-state index in [1.54, 1.807) is 0 Å². The van der Waals surface area contributed by atoms with E-state index in [2.05, 4.69) is 33.1 Å². The lowest BCUT2D eigenvalue weighted by Crippen LogP contribution is -2.48. The smallest absolute Gasteiger partial charge is 0.357 e. The maximum Gasteiger partial charge on any atom is 0.357 e. The van der Waals surface area contributed by atoms with Crippen LogP contribution in [0.4, 0.5) is 10.9 Å². The summed E-state index contributed by atoms with van der Waals surface area (Å²) in [6.45, 7) is 8.89. The Hall–Kier alpha value is -5.37. The number of esters is 2. The van der Waals surface area contributed by atoms with Gasteiger partial charge in [-0.15, -0.1) is 0 Å². The SMILES string of the molecule is CCCCOC(=O)c1nc(N2CCc3cccc(C(=O)Nc4nc5ccccc5s4)c3C2)ccc1-c1cccc(OCCOC2C[C@H]3CC[C@@H](C2)N3CC(=O)OCC)c1C. The zero-order chi connectivity index (χ0) is 41.6. The van der Waals surface area contributed by atoms with Crippen molar-refractivity contribution < 1.29 is 33.3 Å². The van der Waals surface area contributed by atoms with Crippen molar-refractivity contribution in [2.45, 2.75) is 90.4 Å². The summed E-state index contributed by atoms with van der Waals surface area (Å²) in [5.74, 6) is 0.504. The average Bonchev–Trinajstić information content (AvgIpc) is 3.76. The lowest BCUT2D eigenvalue weighted by molar-refractivity contribution is -0.146. The second-order valence-electron chi connectivity index (χ2n) is 15.7. The standard InChI is InChI=1S/C47H53N5O7S/c1-4-6-23-59-46(55)44-36(35-12-10-15-40(30(35)3)58-25-24-57-34-26-32-17-18-33(27-34)52(32)29-43(53)56-5-2)19-20-42(49-44)51-22-21-31-11-9-13-37(38(31)28-51)45(54)50-47-48-39-14-7-8-16-41(39)60-47/h7-16,19-20,32-34H,4-6,17-18,21-29H2,1-3H3,(H,48,50,54)/t32-,33+,34?. The molecule has 3 aliphatic rings. The first-order valence-electron chi connectivity index (χ1n) is 21.3. The second-order valence-corrected chi connectivity index (χ2v) is 16.7. The Morgan fingerprint density at radius 1 is 0.867 bits per heavy atom.